The Labute approximate surface area is 233 Å². The van der Waals surface area contributed by atoms with Crippen LogP contribution in [0.25, 0.3) is 27.8 Å². The van der Waals surface area contributed by atoms with Crippen LogP contribution in [0.5, 0.6) is 0 Å². The summed E-state index contributed by atoms with van der Waals surface area (Å²) in [6.45, 7) is 6.25. The Balaban J connectivity index is 1.57. The van der Waals surface area contributed by atoms with Gasteiger partial charge in [0.15, 0.2) is 0 Å². The molecule has 5 aromatic rings. The van der Waals surface area contributed by atoms with E-state index in [4.69, 9.17) is 16.6 Å². The van der Waals surface area contributed by atoms with Gasteiger partial charge in [0.05, 0.1) is 22.6 Å². The minimum atomic E-state index is -0.537. The Hall–Kier alpha value is -4.50. The van der Waals surface area contributed by atoms with Crippen LogP contribution in [0.3, 0.4) is 0 Å². The molecule has 0 fully saturated rings. The monoisotopic (exact) mass is 534 g/mol. The highest BCUT2D eigenvalue weighted by molar-refractivity contribution is 5.97. The zero-order valence-electron chi connectivity index (χ0n) is 22.9. The maximum Gasteiger partial charge on any atom is 0.251 e. The first-order valence-electron chi connectivity index (χ1n) is 13.9. The summed E-state index contributed by atoms with van der Waals surface area (Å²) in [7, 11) is 0. The molecule has 1 amide bonds. The summed E-state index contributed by atoms with van der Waals surface area (Å²) in [4.78, 5) is 26.1. The number of fused-ring (bicyclic) bond motifs is 2. The quantitative estimate of drug-likeness (QED) is 0.275. The average Bonchev–Trinajstić information content (AvgIpc) is 3.62. The van der Waals surface area contributed by atoms with Crippen molar-refractivity contribution in [3.05, 3.63) is 88.5 Å². The maximum atomic E-state index is 11.6. The number of aromatic nitrogens is 5. The summed E-state index contributed by atoms with van der Waals surface area (Å²) in [6.07, 6.45) is 8.36. The molecule has 9 nitrogen and oxygen atoms in total. The van der Waals surface area contributed by atoms with Gasteiger partial charge < -0.3 is 21.4 Å². The molecule has 0 spiro atoms. The Morgan fingerprint density at radius 1 is 1.02 bits per heavy atom. The highest BCUT2D eigenvalue weighted by Crippen LogP contribution is 2.39. The van der Waals surface area contributed by atoms with Gasteiger partial charge in [-0.2, -0.15) is 5.10 Å². The average molecular weight is 535 g/mol. The Bertz CT molecular complexity index is 1700. The highest BCUT2D eigenvalue weighted by atomic mass is 16.1. The number of benzene rings is 2. The van der Waals surface area contributed by atoms with E-state index in [1.165, 1.54) is 34.5 Å². The number of aryl methyl sites for hydroxylation is 2. The maximum absolute atomic E-state index is 11.6. The molecular formula is C31H34N8O. The number of hydrogen-bond donors (Lipinski definition) is 3. The van der Waals surface area contributed by atoms with Crippen molar-refractivity contribution in [3.63, 3.8) is 0 Å². The number of carbonyl (C=O) groups excluding carboxylic acids is 1. The van der Waals surface area contributed by atoms with Crippen LogP contribution in [0.1, 0.15) is 52.2 Å². The van der Waals surface area contributed by atoms with Crippen LogP contribution in [-0.4, -0.2) is 43.7 Å². The molecule has 6 rings (SSSR count). The van der Waals surface area contributed by atoms with Crippen molar-refractivity contribution >= 4 is 22.8 Å². The number of amides is 1. The third-order valence-corrected chi connectivity index (χ3v) is 7.89. The number of nitrogens with one attached hydrogen (secondary N) is 1. The van der Waals surface area contributed by atoms with Crippen LogP contribution in [-0.2, 0) is 32.2 Å². The molecular weight excluding hydrogens is 500 g/mol. The van der Waals surface area contributed by atoms with E-state index in [0.29, 0.717) is 24.6 Å². The number of nitrogens with zero attached hydrogens (tertiary/aromatic N) is 5. The van der Waals surface area contributed by atoms with Gasteiger partial charge in [-0.05, 0) is 48.6 Å². The summed E-state index contributed by atoms with van der Waals surface area (Å²) >= 11 is 0. The standard InChI is InChI=1S/C31H34N8O/c1-3-19-8-9-24(23-11-14-34-27(19)23)29-25-18-38(31-35-16-22(17-36-31)30(33)40)15-12-26(25)37-39(29)28-20(4-2)6-5-7-21(28)10-13-32/h5-9,11,14,16-17,34H,3-4,10,12-13,15,18,32H2,1-2H3,(H2,33,40). The van der Waals surface area contributed by atoms with Gasteiger partial charge in [0.1, 0.15) is 0 Å². The first-order chi connectivity index (χ1) is 19.5. The molecule has 2 aromatic carbocycles. The van der Waals surface area contributed by atoms with E-state index in [1.54, 1.807) is 0 Å². The normalized spacial score (nSPS) is 13.1. The van der Waals surface area contributed by atoms with Gasteiger partial charge in [0, 0.05) is 60.1 Å². The van der Waals surface area contributed by atoms with Gasteiger partial charge in [-0.1, -0.05) is 44.2 Å². The molecule has 1 aliphatic rings. The summed E-state index contributed by atoms with van der Waals surface area (Å²) in [5.41, 5.74) is 22.2. The minimum absolute atomic E-state index is 0.296. The third kappa shape index (κ3) is 4.32. The zero-order valence-corrected chi connectivity index (χ0v) is 22.9. The topological polar surface area (TPSA) is 132 Å². The minimum Gasteiger partial charge on any atom is -0.366 e. The SMILES string of the molecule is CCc1cccc(CCN)c1-n1nc2c(c1-c1ccc(CC)c3[nH]ccc13)CN(c1ncc(C(N)=O)cn1)CC2. The van der Waals surface area contributed by atoms with E-state index in [9.17, 15) is 4.79 Å². The van der Waals surface area contributed by atoms with E-state index >= 15 is 0 Å². The first-order valence-corrected chi connectivity index (χ1v) is 13.9. The van der Waals surface area contributed by atoms with Crippen molar-refractivity contribution in [2.75, 3.05) is 18.0 Å². The van der Waals surface area contributed by atoms with E-state index in [-0.39, 0.29) is 0 Å². The van der Waals surface area contributed by atoms with Crippen LogP contribution in [0, 0.1) is 0 Å². The van der Waals surface area contributed by atoms with Crippen LogP contribution in [0.4, 0.5) is 5.95 Å². The number of para-hydroxylation sites is 1. The van der Waals surface area contributed by atoms with Crippen LogP contribution in [0.2, 0.25) is 0 Å². The first kappa shape index (κ1) is 25.8. The van der Waals surface area contributed by atoms with E-state index < -0.39 is 5.91 Å². The molecule has 3 aromatic heterocycles. The van der Waals surface area contributed by atoms with E-state index in [1.807, 2.05) is 6.20 Å². The molecule has 0 saturated heterocycles. The number of anilines is 1. The smallest absolute Gasteiger partial charge is 0.251 e. The molecule has 0 radical (unpaired) electrons. The predicted molar refractivity (Wildman–Crippen MR) is 158 cm³/mol. The number of rotatable bonds is 8. The lowest BCUT2D eigenvalue weighted by Gasteiger charge is -2.27. The second kappa shape index (κ2) is 10.6. The van der Waals surface area contributed by atoms with E-state index in [0.717, 1.165) is 65.9 Å². The van der Waals surface area contributed by atoms with Crippen molar-refractivity contribution < 1.29 is 4.79 Å². The van der Waals surface area contributed by atoms with Gasteiger partial charge in [-0.3, -0.25) is 4.79 Å². The number of H-pyrrole nitrogens is 1. The molecule has 1 aliphatic heterocycles. The number of carbonyl (C=O) groups is 1. The highest BCUT2D eigenvalue weighted by Gasteiger charge is 2.30. The second-order valence-electron chi connectivity index (χ2n) is 10.2. The lowest BCUT2D eigenvalue weighted by atomic mass is 9.95. The molecule has 204 valence electrons. The third-order valence-electron chi connectivity index (χ3n) is 7.89. The molecule has 5 N–H and O–H groups in total. The second-order valence-corrected chi connectivity index (χ2v) is 10.2. The van der Waals surface area contributed by atoms with Crippen molar-refractivity contribution in [1.29, 1.82) is 0 Å². The van der Waals surface area contributed by atoms with Crippen molar-refractivity contribution in [3.8, 4) is 16.9 Å². The fraction of sp³-hybridized carbons (Fsp3) is 0.290. The number of aromatic amines is 1. The summed E-state index contributed by atoms with van der Waals surface area (Å²) in [5.74, 6) is 0.0326. The fourth-order valence-corrected chi connectivity index (χ4v) is 5.87. The molecule has 40 heavy (non-hydrogen) atoms. The van der Waals surface area contributed by atoms with Crippen molar-refractivity contribution in [2.24, 2.45) is 11.5 Å². The van der Waals surface area contributed by atoms with Gasteiger partial charge >= 0.3 is 0 Å². The lowest BCUT2D eigenvalue weighted by Crippen LogP contribution is -2.31. The Kier molecular flexibility index (Phi) is 6.81. The lowest BCUT2D eigenvalue weighted by molar-refractivity contribution is 0.0999. The molecule has 0 saturated carbocycles. The Morgan fingerprint density at radius 3 is 2.52 bits per heavy atom. The predicted octanol–water partition coefficient (Wildman–Crippen LogP) is 4.10. The number of nitrogens with two attached hydrogens (primary N) is 2. The molecule has 0 unspecified atom stereocenters. The summed E-state index contributed by atoms with van der Waals surface area (Å²) in [5, 5.41) is 6.46. The van der Waals surface area contributed by atoms with Crippen LogP contribution < -0.4 is 16.4 Å². The van der Waals surface area contributed by atoms with Gasteiger partial charge in [-0.25, -0.2) is 14.6 Å². The summed E-state index contributed by atoms with van der Waals surface area (Å²) in [6, 6.07) is 13.1. The summed E-state index contributed by atoms with van der Waals surface area (Å²) < 4.78 is 2.17. The van der Waals surface area contributed by atoms with Gasteiger partial charge in [-0.15, -0.1) is 0 Å². The van der Waals surface area contributed by atoms with Crippen LogP contribution in [0.15, 0.2) is 55.0 Å². The van der Waals surface area contributed by atoms with Gasteiger partial charge in [0.25, 0.3) is 5.91 Å². The molecule has 4 heterocycles. The van der Waals surface area contributed by atoms with Gasteiger partial charge in [0.2, 0.25) is 5.95 Å². The van der Waals surface area contributed by atoms with Crippen molar-refractivity contribution in [1.82, 2.24) is 24.7 Å². The fourth-order valence-electron chi connectivity index (χ4n) is 5.87. The van der Waals surface area contributed by atoms with Crippen LogP contribution >= 0.6 is 0 Å². The molecule has 9 heteroatoms. The largest absolute Gasteiger partial charge is 0.366 e. The molecule has 0 atom stereocenters. The number of hydrogen-bond acceptors (Lipinski definition) is 6. The molecule has 0 aliphatic carbocycles. The number of primary amides is 1. The molecule has 0 bridgehead atoms. The van der Waals surface area contributed by atoms with Crippen molar-refractivity contribution in [2.45, 2.75) is 46.1 Å². The Morgan fingerprint density at radius 2 is 1.80 bits per heavy atom. The zero-order chi connectivity index (χ0) is 27.8. The van der Waals surface area contributed by atoms with E-state index in [2.05, 4.69) is 74.8 Å².